The average molecular weight is 403 g/mol. The quantitative estimate of drug-likeness (QED) is 0.440. The third-order valence-corrected chi connectivity index (χ3v) is 4.79. The fourth-order valence-corrected chi connectivity index (χ4v) is 3.10. The Kier molecular flexibility index (Phi) is 6.20. The molecule has 30 heavy (non-hydrogen) atoms. The van der Waals surface area contributed by atoms with E-state index in [9.17, 15) is 4.39 Å². The summed E-state index contributed by atoms with van der Waals surface area (Å²) in [4.78, 5) is 2.30. The number of hydrogen-bond donors (Lipinski definition) is 0. The first-order valence-electron chi connectivity index (χ1n) is 9.80. The molecule has 1 saturated heterocycles. The normalized spacial score (nSPS) is 14.7. The second-order valence-corrected chi connectivity index (χ2v) is 6.96. The lowest BCUT2D eigenvalue weighted by Gasteiger charge is -2.28. The maximum Gasteiger partial charge on any atom is 0.123 e. The van der Waals surface area contributed by atoms with E-state index in [4.69, 9.17) is 4.74 Å². The van der Waals surface area contributed by atoms with Gasteiger partial charge < -0.3 is 9.64 Å². The zero-order chi connectivity index (χ0) is 20.8. The number of aryl methyl sites for hydroxylation is 1. The lowest BCUT2D eigenvalue weighted by molar-refractivity contribution is 0.122. The lowest BCUT2D eigenvalue weighted by atomic mass is 10.2. The van der Waals surface area contributed by atoms with Gasteiger partial charge >= 0.3 is 0 Å². The number of benzene rings is 3. The van der Waals surface area contributed by atoms with Gasteiger partial charge in [0.05, 0.1) is 36.0 Å². The van der Waals surface area contributed by atoms with Gasteiger partial charge in [-0.2, -0.15) is 20.5 Å². The summed E-state index contributed by atoms with van der Waals surface area (Å²) in [5.41, 5.74) is 4.97. The van der Waals surface area contributed by atoms with E-state index in [-0.39, 0.29) is 5.82 Å². The molecular weight excluding hydrogens is 381 g/mol. The van der Waals surface area contributed by atoms with Crippen LogP contribution in [0.3, 0.4) is 0 Å². The summed E-state index contributed by atoms with van der Waals surface area (Å²) in [6, 6.07) is 19.5. The van der Waals surface area contributed by atoms with E-state index in [1.165, 1.54) is 17.8 Å². The molecule has 0 amide bonds. The molecule has 1 aliphatic rings. The van der Waals surface area contributed by atoms with Gasteiger partial charge in [0.1, 0.15) is 5.82 Å². The van der Waals surface area contributed by atoms with E-state index >= 15 is 0 Å². The van der Waals surface area contributed by atoms with Crippen LogP contribution in [-0.4, -0.2) is 26.3 Å². The van der Waals surface area contributed by atoms with Crippen molar-refractivity contribution in [3.8, 4) is 0 Å². The zero-order valence-corrected chi connectivity index (χ0v) is 16.7. The van der Waals surface area contributed by atoms with E-state index < -0.39 is 0 Å². The van der Waals surface area contributed by atoms with Gasteiger partial charge in [-0.15, -0.1) is 0 Å². The Hall–Kier alpha value is -3.45. The summed E-state index contributed by atoms with van der Waals surface area (Å²) < 4.78 is 18.4. The minimum atomic E-state index is -0.296. The molecule has 0 spiro atoms. The predicted octanol–water partition coefficient (Wildman–Crippen LogP) is 6.80. The summed E-state index contributed by atoms with van der Waals surface area (Å²) in [7, 11) is 0. The second-order valence-electron chi connectivity index (χ2n) is 6.96. The van der Waals surface area contributed by atoms with Crippen molar-refractivity contribution in [2.45, 2.75) is 6.92 Å². The molecule has 152 valence electrons. The van der Waals surface area contributed by atoms with Crippen molar-refractivity contribution in [3.05, 3.63) is 78.1 Å². The van der Waals surface area contributed by atoms with Crippen molar-refractivity contribution >= 4 is 28.4 Å². The number of rotatable bonds is 5. The number of anilines is 1. The minimum Gasteiger partial charge on any atom is -0.378 e. The van der Waals surface area contributed by atoms with E-state index in [1.54, 1.807) is 12.1 Å². The molecule has 0 N–H and O–H groups in total. The lowest BCUT2D eigenvalue weighted by Crippen LogP contribution is -2.36. The second kappa shape index (κ2) is 9.37. The SMILES string of the molecule is Cc1cc(/N=N/c2ccc(N3CCOCC3)cc2)ccc1/N=N/c1ccc(F)cc1. The molecule has 7 heteroatoms. The molecule has 1 aliphatic heterocycles. The van der Waals surface area contributed by atoms with Gasteiger partial charge in [0.25, 0.3) is 0 Å². The first-order chi connectivity index (χ1) is 14.7. The van der Waals surface area contributed by atoms with Gasteiger partial charge in [-0.25, -0.2) is 4.39 Å². The Morgan fingerprint density at radius 2 is 1.30 bits per heavy atom. The predicted molar refractivity (Wildman–Crippen MR) is 115 cm³/mol. The van der Waals surface area contributed by atoms with Crippen LogP contribution in [0.4, 0.5) is 32.8 Å². The molecule has 6 nitrogen and oxygen atoms in total. The number of halogens is 1. The Balaban J connectivity index is 1.41. The van der Waals surface area contributed by atoms with Gasteiger partial charge in [-0.05, 0) is 79.2 Å². The van der Waals surface area contributed by atoms with E-state index in [0.717, 1.165) is 48.9 Å². The van der Waals surface area contributed by atoms with E-state index in [1.807, 2.05) is 37.3 Å². The molecule has 0 saturated carbocycles. The van der Waals surface area contributed by atoms with Crippen molar-refractivity contribution in [1.29, 1.82) is 0 Å². The average Bonchev–Trinajstić information content (AvgIpc) is 2.79. The van der Waals surface area contributed by atoms with Crippen molar-refractivity contribution in [2.75, 3.05) is 31.2 Å². The molecule has 0 unspecified atom stereocenters. The highest BCUT2D eigenvalue weighted by Crippen LogP contribution is 2.28. The molecule has 0 bridgehead atoms. The topological polar surface area (TPSA) is 61.9 Å². The number of nitrogens with zero attached hydrogens (tertiary/aromatic N) is 5. The Bertz CT molecular complexity index is 1040. The maximum absolute atomic E-state index is 13.0. The third kappa shape index (κ3) is 5.12. The van der Waals surface area contributed by atoms with E-state index in [0.29, 0.717) is 5.69 Å². The fourth-order valence-electron chi connectivity index (χ4n) is 3.10. The number of ether oxygens (including phenoxy) is 1. The summed E-state index contributed by atoms with van der Waals surface area (Å²) in [5.74, 6) is -0.296. The molecule has 1 heterocycles. The summed E-state index contributed by atoms with van der Waals surface area (Å²) in [6.07, 6.45) is 0. The number of morpholine rings is 1. The van der Waals surface area contributed by atoms with Crippen LogP contribution in [0, 0.1) is 12.7 Å². The Morgan fingerprint density at radius 3 is 1.97 bits per heavy atom. The third-order valence-electron chi connectivity index (χ3n) is 4.79. The molecule has 3 aromatic rings. The molecule has 0 aliphatic carbocycles. The van der Waals surface area contributed by atoms with Gasteiger partial charge in [-0.3, -0.25) is 0 Å². The van der Waals surface area contributed by atoms with Gasteiger partial charge in [0, 0.05) is 18.8 Å². The fraction of sp³-hybridized carbons (Fsp3) is 0.217. The van der Waals surface area contributed by atoms with Crippen LogP contribution in [0.25, 0.3) is 0 Å². The standard InChI is InChI=1S/C23H22FN5O/c1-17-16-21(8-11-23(17)28-26-19-4-2-18(24)3-5-19)27-25-20-6-9-22(10-7-20)29-12-14-30-15-13-29/h2-11,16H,12-15H2,1H3/b27-25+,28-26+. The first-order valence-corrected chi connectivity index (χ1v) is 9.80. The highest BCUT2D eigenvalue weighted by molar-refractivity contribution is 5.55. The largest absolute Gasteiger partial charge is 0.378 e. The monoisotopic (exact) mass is 403 g/mol. The van der Waals surface area contributed by atoms with Crippen LogP contribution in [0.5, 0.6) is 0 Å². The highest BCUT2D eigenvalue weighted by Gasteiger charge is 2.10. The first kappa shape index (κ1) is 19.8. The van der Waals surface area contributed by atoms with Crippen LogP contribution >= 0.6 is 0 Å². The number of hydrogen-bond acceptors (Lipinski definition) is 6. The van der Waals surface area contributed by atoms with Crippen LogP contribution in [0.15, 0.2) is 87.2 Å². The van der Waals surface area contributed by atoms with Crippen molar-refractivity contribution < 1.29 is 9.13 Å². The summed E-state index contributed by atoms with van der Waals surface area (Å²) in [5, 5.41) is 17.0. The molecule has 0 atom stereocenters. The van der Waals surface area contributed by atoms with Crippen LogP contribution in [0.1, 0.15) is 5.56 Å². The van der Waals surface area contributed by atoms with Gasteiger partial charge in [-0.1, -0.05) is 0 Å². The van der Waals surface area contributed by atoms with Gasteiger partial charge in [0.2, 0.25) is 0 Å². The minimum absolute atomic E-state index is 0.296. The van der Waals surface area contributed by atoms with Crippen LogP contribution in [-0.2, 0) is 4.74 Å². The molecule has 0 radical (unpaired) electrons. The van der Waals surface area contributed by atoms with Crippen LogP contribution in [0.2, 0.25) is 0 Å². The highest BCUT2D eigenvalue weighted by atomic mass is 19.1. The molecular formula is C23H22FN5O. The number of azo groups is 2. The van der Waals surface area contributed by atoms with Crippen LogP contribution < -0.4 is 4.90 Å². The van der Waals surface area contributed by atoms with E-state index in [2.05, 4.69) is 37.5 Å². The zero-order valence-electron chi connectivity index (χ0n) is 16.7. The van der Waals surface area contributed by atoms with Crippen molar-refractivity contribution in [1.82, 2.24) is 0 Å². The summed E-state index contributed by atoms with van der Waals surface area (Å²) in [6.45, 7) is 5.28. The maximum atomic E-state index is 13.0. The van der Waals surface area contributed by atoms with Crippen molar-refractivity contribution in [2.24, 2.45) is 20.5 Å². The molecule has 0 aromatic heterocycles. The molecule has 4 rings (SSSR count). The Morgan fingerprint density at radius 1 is 0.733 bits per heavy atom. The summed E-state index contributed by atoms with van der Waals surface area (Å²) >= 11 is 0. The van der Waals surface area contributed by atoms with Gasteiger partial charge in [0.15, 0.2) is 0 Å². The molecule has 3 aromatic carbocycles. The Labute approximate surface area is 174 Å². The van der Waals surface area contributed by atoms with Crippen molar-refractivity contribution in [3.63, 3.8) is 0 Å². The molecule has 1 fully saturated rings. The smallest absolute Gasteiger partial charge is 0.123 e.